The summed E-state index contributed by atoms with van der Waals surface area (Å²) in [5, 5.41) is 0.996. The smallest absolute Gasteiger partial charge is 0.282 e. The van der Waals surface area contributed by atoms with Crippen molar-refractivity contribution in [2.45, 2.75) is 33.0 Å². The predicted octanol–water partition coefficient (Wildman–Crippen LogP) is 1.59. The summed E-state index contributed by atoms with van der Waals surface area (Å²) < 4.78 is 34.7. The van der Waals surface area contributed by atoms with Gasteiger partial charge in [-0.25, -0.2) is 0 Å². The summed E-state index contributed by atoms with van der Waals surface area (Å²) in [5.41, 5.74) is 2.60. The second-order valence-electron chi connectivity index (χ2n) is 8.05. The Kier molecular flexibility index (Phi) is 5.41. The van der Waals surface area contributed by atoms with Gasteiger partial charge >= 0.3 is 0 Å². The third-order valence-corrected chi connectivity index (χ3v) is 7.54. The number of nitrogens with zero attached hydrogens (tertiary/aromatic N) is 3. The number of aromatic amines is 1. The lowest BCUT2D eigenvalue weighted by molar-refractivity contribution is -0.0457. The van der Waals surface area contributed by atoms with Crippen molar-refractivity contribution in [3.8, 4) is 0 Å². The number of aromatic nitrogens is 1. The van der Waals surface area contributed by atoms with Gasteiger partial charge in [-0.05, 0) is 38.5 Å². The van der Waals surface area contributed by atoms with Gasteiger partial charge in [-0.2, -0.15) is 17.0 Å². The van der Waals surface area contributed by atoms with Gasteiger partial charge in [0.25, 0.3) is 16.1 Å². The number of fused-ring (bicyclic) bond motifs is 1. The number of aryl methyl sites for hydroxylation is 1. The lowest BCUT2D eigenvalue weighted by Gasteiger charge is -2.40. The summed E-state index contributed by atoms with van der Waals surface area (Å²) in [7, 11) is -3.55. The Morgan fingerprint density at radius 1 is 1.03 bits per heavy atom. The predicted molar refractivity (Wildman–Crippen MR) is 111 cm³/mol. The normalized spacial score (nSPS) is 24.9. The van der Waals surface area contributed by atoms with Gasteiger partial charge in [0.1, 0.15) is 5.69 Å². The highest BCUT2D eigenvalue weighted by Crippen LogP contribution is 2.21. The lowest BCUT2D eigenvalue weighted by atomic mass is 10.2. The topological polar surface area (TPSA) is 86.0 Å². The number of benzene rings is 1. The first-order valence-corrected chi connectivity index (χ1v) is 11.4. The van der Waals surface area contributed by atoms with E-state index in [0.29, 0.717) is 45.0 Å². The van der Waals surface area contributed by atoms with Crippen molar-refractivity contribution in [3.05, 3.63) is 35.5 Å². The molecule has 2 unspecified atom stereocenters. The fourth-order valence-electron chi connectivity index (χ4n) is 4.13. The van der Waals surface area contributed by atoms with Gasteiger partial charge in [-0.1, -0.05) is 12.1 Å². The van der Waals surface area contributed by atoms with Gasteiger partial charge < -0.3 is 14.6 Å². The first-order chi connectivity index (χ1) is 13.7. The summed E-state index contributed by atoms with van der Waals surface area (Å²) in [6, 6.07) is 7.88. The maximum atomic E-state index is 13.0. The Morgan fingerprint density at radius 3 is 2.34 bits per heavy atom. The molecule has 1 aromatic carbocycles. The van der Waals surface area contributed by atoms with E-state index in [1.54, 1.807) is 4.90 Å². The third-order valence-electron chi connectivity index (χ3n) is 5.57. The Hall–Kier alpha value is -1.94. The molecule has 9 heteroatoms. The van der Waals surface area contributed by atoms with Crippen LogP contribution in [0, 0.1) is 6.92 Å². The van der Waals surface area contributed by atoms with Crippen LogP contribution in [-0.2, 0) is 14.9 Å². The first-order valence-electron chi connectivity index (χ1n) is 10.0. The zero-order valence-corrected chi connectivity index (χ0v) is 17.9. The van der Waals surface area contributed by atoms with Crippen LogP contribution in [0.5, 0.6) is 0 Å². The number of ether oxygens (including phenoxy) is 1. The summed E-state index contributed by atoms with van der Waals surface area (Å²) >= 11 is 0. The molecule has 0 saturated carbocycles. The van der Waals surface area contributed by atoms with E-state index in [9.17, 15) is 13.2 Å². The number of H-pyrrole nitrogens is 1. The molecule has 158 valence electrons. The van der Waals surface area contributed by atoms with E-state index in [1.807, 2.05) is 45.0 Å². The van der Waals surface area contributed by atoms with Crippen LogP contribution in [0.15, 0.2) is 24.3 Å². The van der Waals surface area contributed by atoms with Crippen molar-refractivity contribution in [2.24, 2.45) is 0 Å². The molecule has 0 radical (unpaired) electrons. The molecule has 2 fully saturated rings. The molecule has 2 aromatic rings. The van der Waals surface area contributed by atoms with Crippen LogP contribution in [0.3, 0.4) is 0 Å². The molecule has 1 amide bonds. The fraction of sp³-hybridized carbons (Fsp3) is 0.550. The number of hydrogen-bond acceptors (Lipinski definition) is 4. The molecule has 0 aliphatic carbocycles. The van der Waals surface area contributed by atoms with Crippen LogP contribution in [0.25, 0.3) is 10.9 Å². The number of piperazine rings is 1. The zero-order chi connectivity index (χ0) is 20.8. The number of hydrogen-bond donors (Lipinski definition) is 1. The van der Waals surface area contributed by atoms with Crippen molar-refractivity contribution in [3.63, 3.8) is 0 Å². The van der Waals surface area contributed by atoms with Crippen LogP contribution in [-0.4, -0.2) is 84.3 Å². The number of amides is 1. The highest BCUT2D eigenvalue weighted by atomic mass is 32.2. The average Bonchev–Trinajstić information content (AvgIpc) is 3.10. The van der Waals surface area contributed by atoms with Gasteiger partial charge in [-0.3, -0.25) is 4.79 Å². The molecule has 2 atom stereocenters. The number of morpholine rings is 1. The zero-order valence-electron chi connectivity index (χ0n) is 17.1. The molecule has 3 heterocycles. The second kappa shape index (κ2) is 7.71. The molecule has 29 heavy (non-hydrogen) atoms. The molecule has 2 aliphatic rings. The minimum atomic E-state index is -3.55. The number of nitrogens with one attached hydrogen (secondary N) is 1. The monoisotopic (exact) mass is 420 g/mol. The van der Waals surface area contributed by atoms with E-state index in [4.69, 9.17) is 4.74 Å². The molecule has 0 spiro atoms. The molecule has 2 saturated heterocycles. The fourth-order valence-corrected chi connectivity index (χ4v) is 5.88. The molecule has 8 nitrogen and oxygen atoms in total. The molecular weight excluding hydrogens is 392 g/mol. The Bertz CT molecular complexity index is 1000. The highest BCUT2D eigenvalue weighted by molar-refractivity contribution is 7.86. The largest absolute Gasteiger partial charge is 0.373 e. The summed E-state index contributed by atoms with van der Waals surface area (Å²) in [6.45, 7) is 7.86. The van der Waals surface area contributed by atoms with Crippen molar-refractivity contribution in [1.29, 1.82) is 0 Å². The number of rotatable bonds is 3. The molecule has 1 aromatic heterocycles. The van der Waals surface area contributed by atoms with E-state index in [-0.39, 0.29) is 18.1 Å². The van der Waals surface area contributed by atoms with Gasteiger partial charge in [0.2, 0.25) is 0 Å². The van der Waals surface area contributed by atoms with Crippen molar-refractivity contribution >= 4 is 27.0 Å². The number of carbonyl (C=O) groups is 1. The minimum Gasteiger partial charge on any atom is -0.373 e. The van der Waals surface area contributed by atoms with E-state index < -0.39 is 10.2 Å². The quantitative estimate of drug-likeness (QED) is 0.817. The maximum absolute atomic E-state index is 13.0. The van der Waals surface area contributed by atoms with E-state index >= 15 is 0 Å². The molecule has 0 bridgehead atoms. The average molecular weight is 421 g/mol. The summed E-state index contributed by atoms with van der Waals surface area (Å²) in [6.07, 6.45) is -0.246. The van der Waals surface area contributed by atoms with Crippen molar-refractivity contribution < 1.29 is 17.9 Å². The summed E-state index contributed by atoms with van der Waals surface area (Å²) in [5.74, 6) is -0.0930. The molecular formula is C20H28N4O4S. The Balaban J connectivity index is 1.42. The molecule has 1 N–H and O–H groups in total. The van der Waals surface area contributed by atoms with Crippen molar-refractivity contribution in [1.82, 2.24) is 18.5 Å². The van der Waals surface area contributed by atoms with Crippen LogP contribution in [0.1, 0.15) is 29.9 Å². The standard InChI is InChI=1S/C20H28N4O4S/c1-14-4-5-17-11-19(21-18(17)10-14)20(25)22-6-8-23(9-7-22)29(26,27)24-12-15(2)28-16(3)13-24/h4-5,10-11,15-16,21H,6-9,12-13H2,1-3H3. The Morgan fingerprint density at radius 2 is 1.69 bits per heavy atom. The SMILES string of the molecule is Cc1ccc2cc(C(=O)N3CCN(S(=O)(=O)N4CC(C)OC(C)C4)CC3)[nH]c2c1. The molecule has 4 rings (SSSR count). The second-order valence-corrected chi connectivity index (χ2v) is 9.98. The first kappa shape index (κ1) is 20.3. The lowest BCUT2D eigenvalue weighted by Crippen LogP contribution is -2.57. The van der Waals surface area contributed by atoms with Crippen LogP contribution in [0.4, 0.5) is 0 Å². The van der Waals surface area contributed by atoms with E-state index in [1.165, 1.54) is 8.61 Å². The van der Waals surface area contributed by atoms with Crippen LogP contribution >= 0.6 is 0 Å². The minimum absolute atomic E-state index is 0.0930. The third kappa shape index (κ3) is 4.05. The van der Waals surface area contributed by atoms with E-state index in [2.05, 4.69) is 4.98 Å². The van der Waals surface area contributed by atoms with E-state index in [0.717, 1.165) is 16.5 Å². The van der Waals surface area contributed by atoms with Crippen LogP contribution < -0.4 is 0 Å². The Labute approximate surface area is 171 Å². The highest BCUT2D eigenvalue weighted by Gasteiger charge is 2.37. The molecule has 2 aliphatic heterocycles. The maximum Gasteiger partial charge on any atom is 0.282 e. The van der Waals surface area contributed by atoms with Gasteiger partial charge in [0.15, 0.2) is 0 Å². The summed E-state index contributed by atoms with van der Waals surface area (Å²) in [4.78, 5) is 17.8. The number of carbonyl (C=O) groups excluding carboxylic acids is 1. The van der Waals surface area contributed by atoms with Gasteiger partial charge in [-0.15, -0.1) is 0 Å². The van der Waals surface area contributed by atoms with Gasteiger partial charge in [0, 0.05) is 50.2 Å². The van der Waals surface area contributed by atoms with Crippen molar-refractivity contribution in [2.75, 3.05) is 39.3 Å². The van der Waals surface area contributed by atoms with Gasteiger partial charge in [0.05, 0.1) is 12.2 Å². The van der Waals surface area contributed by atoms with Crippen LogP contribution in [0.2, 0.25) is 0 Å².